The average Bonchev–Trinajstić information content (AvgIpc) is 3.77. The van der Waals surface area contributed by atoms with Gasteiger partial charge in [-0.15, -0.1) is 0 Å². The third-order valence-corrected chi connectivity index (χ3v) is 7.72. The van der Waals surface area contributed by atoms with E-state index in [-0.39, 0.29) is 41.1 Å². The first kappa shape index (κ1) is 28.5. The summed E-state index contributed by atoms with van der Waals surface area (Å²) < 4.78 is 23.0. The molecule has 0 radical (unpaired) electrons. The van der Waals surface area contributed by atoms with E-state index in [2.05, 4.69) is 10.6 Å². The van der Waals surface area contributed by atoms with Crippen LogP contribution in [0.5, 0.6) is 0 Å². The van der Waals surface area contributed by atoms with Gasteiger partial charge in [-0.25, -0.2) is 14.0 Å². The Labute approximate surface area is 237 Å². The second kappa shape index (κ2) is 11.9. The van der Waals surface area contributed by atoms with Crippen LogP contribution in [-0.2, 0) is 17.9 Å². The molecule has 2 aromatic carbocycles. The Morgan fingerprint density at radius 3 is 2.49 bits per heavy atom. The van der Waals surface area contributed by atoms with Crippen LogP contribution in [0.2, 0.25) is 0 Å². The van der Waals surface area contributed by atoms with Crippen LogP contribution < -0.4 is 21.9 Å². The molecule has 3 aromatic rings. The molecule has 5 rings (SSSR count). The predicted molar refractivity (Wildman–Crippen MR) is 154 cm³/mol. The quantitative estimate of drug-likeness (QED) is 0.431. The van der Waals surface area contributed by atoms with Crippen LogP contribution in [0.1, 0.15) is 61.5 Å². The molecule has 2 N–H and O–H groups in total. The normalized spacial score (nSPS) is 17.2. The fraction of sp³-hybridized carbons (Fsp3) is 0.467. The number of anilines is 1. The first-order chi connectivity index (χ1) is 19.7. The van der Waals surface area contributed by atoms with Gasteiger partial charge in [0.2, 0.25) is 0 Å². The van der Waals surface area contributed by atoms with Gasteiger partial charge in [-0.2, -0.15) is 0 Å². The number of piperidine rings is 1. The molecule has 1 saturated carbocycles. The van der Waals surface area contributed by atoms with Gasteiger partial charge >= 0.3 is 11.7 Å². The molecule has 10 nitrogen and oxygen atoms in total. The third-order valence-electron chi connectivity index (χ3n) is 7.72. The number of ether oxygens (including phenoxy) is 1. The second-order valence-electron chi connectivity index (χ2n) is 11.3. The maximum atomic E-state index is 15.3. The molecule has 11 heteroatoms. The van der Waals surface area contributed by atoms with Crippen LogP contribution >= 0.6 is 0 Å². The summed E-state index contributed by atoms with van der Waals surface area (Å²) in [7, 11) is 1.61. The highest BCUT2D eigenvalue weighted by Crippen LogP contribution is 2.30. The highest BCUT2D eigenvalue weighted by atomic mass is 19.1. The number of hydrogen-bond acceptors (Lipinski definition) is 5. The van der Waals surface area contributed by atoms with Crippen molar-refractivity contribution in [2.75, 3.05) is 25.5 Å². The van der Waals surface area contributed by atoms with E-state index in [0.717, 1.165) is 24.5 Å². The molecule has 1 aliphatic heterocycles. The largest absolute Gasteiger partial charge is 0.380 e. The van der Waals surface area contributed by atoms with Crippen molar-refractivity contribution < 1.29 is 18.7 Å². The van der Waals surface area contributed by atoms with E-state index in [4.69, 9.17) is 4.74 Å². The Morgan fingerprint density at radius 1 is 1.10 bits per heavy atom. The number of carbonyl (C=O) groups excluding carboxylic acids is 2. The lowest BCUT2D eigenvalue weighted by atomic mass is 10.0. The molecule has 2 fully saturated rings. The van der Waals surface area contributed by atoms with Crippen LogP contribution in [0.3, 0.4) is 0 Å². The number of urea groups is 1. The van der Waals surface area contributed by atoms with Crippen molar-refractivity contribution in [3.05, 3.63) is 74.2 Å². The molecule has 1 aliphatic carbocycles. The highest BCUT2D eigenvalue weighted by Gasteiger charge is 2.28. The van der Waals surface area contributed by atoms with Crippen LogP contribution in [0, 0.1) is 11.7 Å². The number of nitrogens with one attached hydrogen (secondary N) is 2. The molecule has 1 saturated heterocycles. The smallest absolute Gasteiger partial charge is 0.331 e. The maximum Gasteiger partial charge on any atom is 0.331 e. The van der Waals surface area contributed by atoms with Crippen molar-refractivity contribution in [2.24, 2.45) is 5.92 Å². The number of carbonyl (C=O) groups is 2. The number of nitrogens with zero attached hydrogens (tertiary/aromatic N) is 3. The van der Waals surface area contributed by atoms with E-state index >= 15 is 4.39 Å². The van der Waals surface area contributed by atoms with Crippen LogP contribution in [0.4, 0.5) is 14.9 Å². The number of hydrogen-bond donors (Lipinski definition) is 2. The van der Waals surface area contributed by atoms with Crippen molar-refractivity contribution in [1.82, 2.24) is 19.4 Å². The summed E-state index contributed by atoms with van der Waals surface area (Å²) in [6, 6.07) is 8.51. The van der Waals surface area contributed by atoms with Crippen molar-refractivity contribution in [1.29, 1.82) is 0 Å². The van der Waals surface area contributed by atoms with E-state index in [0.29, 0.717) is 44.0 Å². The summed E-state index contributed by atoms with van der Waals surface area (Å²) >= 11 is 0. The minimum Gasteiger partial charge on any atom is -0.380 e. The molecular formula is C30H36FN5O5. The topological polar surface area (TPSA) is 115 Å². The zero-order valence-corrected chi connectivity index (χ0v) is 23.6. The highest BCUT2D eigenvalue weighted by molar-refractivity contribution is 5.95. The Bertz CT molecular complexity index is 1580. The van der Waals surface area contributed by atoms with Crippen LogP contribution in [0.15, 0.2) is 46.0 Å². The molecule has 1 unspecified atom stereocenters. The lowest BCUT2D eigenvalue weighted by Gasteiger charge is -2.33. The zero-order valence-electron chi connectivity index (χ0n) is 23.6. The average molecular weight is 566 g/mol. The summed E-state index contributed by atoms with van der Waals surface area (Å²) in [6.07, 6.45) is 3.30. The maximum absolute atomic E-state index is 15.3. The molecule has 0 spiro atoms. The predicted octanol–water partition coefficient (Wildman–Crippen LogP) is 3.87. The number of benzene rings is 2. The summed E-state index contributed by atoms with van der Waals surface area (Å²) in [5.41, 5.74) is 0.604. The van der Waals surface area contributed by atoms with E-state index in [1.165, 1.54) is 20.1 Å². The Balaban J connectivity index is 1.32. The van der Waals surface area contributed by atoms with E-state index in [1.54, 1.807) is 19.2 Å². The first-order valence-electron chi connectivity index (χ1n) is 14.1. The Hall–Kier alpha value is -3.99. The number of methoxy groups -OCH3 is 1. The molecule has 218 valence electrons. The zero-order chi connectivity index (χ0) is 29.3. The van der Waals surface area contributed by atoms with Gasteiger partial charge in [-0.1, -0.05) is 12.1 Å². The molecule has 1 atom stereocenters. The van der Waals surface area contributed by atoms with Gasteiger partial charge in [0.25, 0.3) is 11.5 Å². The number of rotatable bonds is 8. The number of aromatic nitrogens is 2. The standard InChI is InChI=1S/C30H36FN5O5/c1-18(2)36-26-14-24(31)25(13-23(26)28(38)35(30(36)40)15-19-6-7-19)33-29(39)34-12-4-5-22(16-34)32-27(37)21-10-8-20(9-11-21)17-41-3/h8-11,13-14,18-19,22H,4-7,12,15-17H2,1-3H3,(H,32,37)(H,33,39). The van der Waals surface area contributed by atoms with Crippen molar-refractivity contribution in [2.45, 2.75) is 64.8 Å². The van der Waals surface area contributed by atoms with Gasteiger partial charge in [0.15, 0.2) is 0 Å². The molecule has 41 heavy (non-hydrogen) atoms. The Kier molecular flexibility index (Phi) is 8.25. The molecule has 2 aliphatic rings. The number of halogens is 1. The van der Waals surface area contributed by atoms with Crippen molar-refractivity contribution in [3.63, 3.8) is 0 Å². The second-order valence-corrected chi connectivity index (χ2v) is 11.3. The molecule has 1 aromatic heterocycles. The van der Waals surface area contributed by atoms with Gasteiger partial charge in [-0.3, -0.25) is 18.7 Å². The fourth-order valence-electron chi connectivity index (χ4n) is 5.37. The number of fused-ring (bicyclic) bond motifs is 1. The Morgan fingerprint density at radius 2 is 1.83 bits per heavy atom. The molecule has 0 bridgehead atoms. The van der Waals surface area contributed by atoms with Crippen LogP contribution in [-0.4, -0.2) is 52.2 Å². The minimum absolute atomic E-state index is 0.131. The molecule has 2 heterocycles. The fourth-order valence-corrected chi connectivity index (χ4v) is 5.37. The summed E-state index contributed by atoms with van der Waals surface area (Å²) in [5.74, 6) is -0.682. The van der Waals surface area contributed by atoms with E-state index < -0.39 is 23.1 Å². The minimum atomic E-state index is -0.738. The molecule has 3 amide bonds. The number of likely N-dealkylation sites (tertiary alicyclic amines) is 1. The van der Waals surface area contributed by atoms with E-state index in [9.17, 15) is 19.2 Å². The van der Waals surface area contributed by atoms with Crippen molar-refractivity contribution in [3.8, 4) is 0 Å². The summed E-state index contributed by atoms with van der Waals surface area (Å²) in [4.78, 5) is 53.9. The SMILES string of the molecule is COCc1ccc(C(=O)NC2CCCN(C(=O)Nc3cc4c(=O)n(CC5CC5)c(=O)n(C(C)C)c4cc3F)C2)cc1. The van der Waals surface area contributed by atoms with Gasteiger partial charge in [-0.05, 0) is 69.2 Å². The summed E-state index contributed by atoms with van der Waals surface area (Å²) in [5, 5.41) is 5.77. The third kappa shape index (κ3) is 6.19. The van der Waals surface area contributed by atoms with Gasteiger partial charge in [0.05, 0.1) is 23.2 Å². The van der Waals surface area contributed by atoms with E-state index in [1.807, 2.05) is 26.0 Å². The summed E-state index contributed by atoms with van der Waals surface area (Å²) in [6.45, 7) is 5.11. The van der Waals surface area contributed by atoms with Crippen molar-refractivity contribution >= 4 is 28.5 Å². The van der Waals surface area contributed by atoms with Crippen LogP contribution in [0.25, 0.3) is 10.9 Å². The van der Waals surface area contributed by atoms with Gasteiger partial charge < -0.3 is 20.3 Å². The molecular weight excluding hydrogens is 529 g/mol. The number of amides is 3. The monoisotopic (exact) mass is 565 g/mol. The van der Waals surface area contributed by atoms with Gasteiger partial charge in [0.1, 0.15) is 5.82 Å². The van der Waals surface area contributed by atoms with Gasteiger partial charge in [0, 0.05) is 50.5 Å². The lowest BCUT2D eigenvalue weighted by Crippen LogP contribution is -2.50. The lowest BCUT2D eigenvalue weighted by molar-refractivity contribution is 0.0913. The first-order valence-corrected chi connectivity index (χ1v) is 14.1.